The van der Waals surface area contributed by atoms with E-state index in [0.717, 1.165) is 28.8 Å². The van der Waals surface area contributed by atoms with Gasteiger partial charge >= 0.3 is 51.4 Å². The Morgan fingerprint density at radius 3 is 2.26 bits per heavy atom. The molecular weight excluding hydrogens is 510 g/mol. The molecule has 0 amide bonds. The Kier molecular flexibility index (Phi) is 9.06. The summed E-state index contributed by atoms with van der Waals surface area (Å²) in [7, 11) is 0. The van der Waals surface area contributed by atoms with Crippen LogP contribution in [0.3, 0.4) is 0 Å². The van der Waals surface area contributed by atoms with Gasteiger partial charge in [-0.1, -0.05) is 61.9 Å². The Balaban J connectivity index is 0.00000336. The predicted octanol–water partition coefficient (Wildman–Crippen LogP) is 2.02. The minimum Gasteiger partial charge on any atom is -0.528 e. The summed E-state index contributed by atoms with van der Waals surface area (Å²) in [5.74, 6) is 0.444. The van der Waals surface area contributed by atoms with E-state index < -0.39 is 6.08 Å². The van der Waals surface area contributed by atoms with E-state index >= 15 is 0 Å². The largest absolute Gasteiger partial charge is 1.00 e. The quantitative estimate of drug-likeness (QED) is 0.297. The molecule has 0 aliphatic rings. The fourth-order valence-electron chi connectivity index (χ4n) is 4.49. The van der Waals surface area contributed by atoms with Crippen LogP contribution in [0, 0.1) is 12.7 Å². The third-order valence-corrected chi connectivity index (χ3v) is 6.22. The summed E-state index contributed by atoms with van der Waals surface area (Å²) in [6.07, 6.45) is 1.22. The van der Waals surface area contributed by atoms with Crippen molar-refractivity contribution in [1.29, 1.82) is 0 Å². The molecule has 3 aromatic carbocycles. The molecule has 0 unspecified atom stereocenters. The van der Waals surface area contributed by atoms with Gasteiger partial charge in [0.25, 0.3) is 5.56 Å². The maximum absolute atomic E-state index is 13.6. The minimum absolute atomic E-state index is 0. The standard InChI is InChI=1S/C29H25FN4O3.K/c1-3-6-26-25(28(35)34(18(2)31-26)22-15-13-21(30)14-16-22)17-19-9-11-20(12-10-19)23-7-4-5-8-24(23)27-32-29(36)37-33-27;/h4-5,7-16H,3,6,17H2,1-2H3,(H,32,33,36);/q;+1/p-1. The van der Waals surface area contributed by atoms with E-state index in [9.17, 15) is 14.3 Å². The average Bonchev–Trinajstić information content (AvgIpc) is 3.34. The normalized spacial score (nSPS) is 10.8. The van der Waals surface area contributed by atoms with Crippen LogP contribution in [0.1, 0.15) is 36.0 Å². The average molecular weight is 535 g/mol. The molecule has 2 heterocycles. The molecule has 5 aromatic rings. The molecular formula is C29H24FKN4O3. The molecule has 0 spiro atoms. The summed E-state index contributed by atoms with van der Waals surface area (Å²) < 4.78 is 19.6. The third kappa shape index (κ3) is 5.87. The zero-order valence-electron chi connectivity index (χ0n) is 21.4. The van der Waals surface area contributed by atoms with Crippen LogP contribution in [-0.2, 0) is 12.8 Å². The molecule has 5 rings (SSSR count). The minimum atomic E-state index is -0.735. The van der Waals surface area contributed by atoms with Crippen molar-refractivity contribution >= 4 is 0 Å². The number of aromatic nitrogens is 4. The molecule has 186 valence electrons. The molecule has 0 saturated heterocycles. The maximum atomic E-state index is 13.6. The van der Waals surface area contributed by atoms with Crippen LogP contribution in [-0.4, -0.2) is 19.7 Å². The summed E-state index contributed by atoms with van der Waals surface area (Å²) >= 11 is 0. The summed E-state index contributed by atoms with van der Waals surface area (Å²) in [6.45, 7) is 3.84. The van der Waals surface area contributed by atoms with Crippen LogP contribution in [0.5, 0.6) is 6.08 Å². The molecule has 9 heteroatoms. The second-order valence-corrected chi connectivity index (χ2v) is 8.75. The number of hydrogen-bond donors (Lipinski definition) is 0. The van der Waals surface area contributed by atoms with Gasteiger partial charge < -0.3 is 9.63 Å². The van der Waals surface area contributed by atoms with Crippen molar-refractivity contribution in [3.8, 4) is 34.3 Å². The monoisotopic (exact) mass is 534 g/mol. The van der Waals surface area contributed by atoms with Crippen LogP contribution in [0.15, 0.2) is 82.1 Å². The summed E-state index contributed by atoms with van der Waals surface area (Å²) in [6, 6.07) is 21.2. The van der Waals surface area contributed by atoms with E-state index in [0.29, 0.717) is 35.5 Å². The first-order valence-corrected chi connectivity index (χ1v) is 12.0. The summed E-state index contributed by atoms with van der Waals surface area (Å²) in [5.41, 5.74) is 5.25. The zero-order valence-corrected chi connectivity index (χ0v) is 24.6. The van der Waals surface area contributed by atoms with Gasteiger partial charge in [0.15, 0.2) is 11.9 Å². The van der Waals surface area contributed by atoms with E-state index in [4.69, 9.17) is 4.98 Å². The number of benzene rings is 3. The Morgan fingerprint density at radius 1 is 0.947 bits per heavy atom. The molecule has 38 heavy (non-hydrogen) atoms. The number of rotatable bonds is 7. The first-order valence-electron chi connectivity index (χ1n) is 12.0. The van der Waals surface area contributed by atoms with Gasteiger partial charge in [0.05, 0.1) is 11.4 Å². The molecule has 0 bridgehead atoms. The molecule has 0 radical (unpaired) electrons. The van der Waals surface area contributed by atoms with Gasteiger partial charge in [-0.15, -0.1) is 0 Å². The van der Waals surface area contributed by atoms with Gasteiger partial charge in [0, 0.05) is 17.5 Å². The van der Waals surface area contributed by atoms with Gasteiger partial charge in [-0.2, -0.15) is 5.16 Å². The fourth-order valence-corrected chi connectivity index (χ4v) is 4.49. The molecule has 0 fully saturated rings. The number of halogens is 1. The number of hydrogen-bond acceptors (Lipinski definition) is 6. The topological polar surface area (TPSA) is 96.9 Å². The number of aryl methyl sites for hydroxylation is 2. The Bertz CT molecular complexity index is 1610. The second-order valence-electron chi connectivity index (χ2n) is 8.75. The Morgan fingerprint density at radius 2 is 1.63 bits per heavy atom. The molecule has 0 saturated carbocycles. The van der Waals surface area contributed by atoms with E-state index in [-0.39, 0.29) is 68.6 Å². The van der Waals surface area contributed by atoms with Gasteiger partial charge in [-0.25, -0.2) is 14.4 Å². The smallest absolute Gasteiger partial charge is 0.528 e. The molecule has 0 aliphatic carbocycles. The molecule has 0 aliphatic heterocycles. The van der Waals surface area contributed by atoms with Crippen LogP contribution >= 0.6 is 0 Å². The zero-order chi connectivity index (χ0) is 25.9. The molecule has 7 nitrogen and oxygen atoms in total. The summed E-state index contributed by atoms with van der Waals surface area (Å²) in [5, 5.41) is 15.2. The van der Waals surface area contributed by atoms with E-state index in [2.05, 4.69) is 21.6 Å². The molecule has 0 N–H and O–H groups in total. The second kappa shape index (κ2) is 12.3. The number of nitrogens with zero attached hydrogens (tertiary/aromatic N) is 4. The first kappa shape index (κ1) is 28.1. The summed E-state index contributed by atoms with van der Waals surface area (Å²) in [4.78, 5) is 22.2. The van der Waals surface area contributed by atoms with Crippen molar-refractivity contribution in [2.75, 3.05) is 0 Å². The van der Waals surface area contributed by atoms with Crippen molar-refractivity contribution in [2.24, 2.45) is 0 Å². The van der Waals surface area contributed by atoms with E-state index in [1.54, 1.807) is 19.1 Å². The van der Waals surface area contributed by atoms with E-state index in [1.807, 2.05) is 48.5 Å². The maximum Gasteiger partial charge on any atom is 1.00 e. The van der Waals surface area contributed by atoms with Crippen molar-refractivity contribution in [1.82, 2.24) is 19.7 Å². The fraction of sp³-hybridized carbons (Fsp3) is 0.172. The van der Waals surface area contributed by atoms with Gasteiger partial charge in [0.2, 0.25) is 0 Å². The van der Waals surface area contributed by atoms with Crippen molar-refractivity contribution in [3.05, 3.63) is 112 Å². The van der Waals surface area contributed by atoms with Crippen LogP contribution in [0.25, 0.3) is 28.2 Å². The van der Waals surface area contributed by atoms with Crippen LogP contribution in [0.2, 0.25) is 0 Å². The van der Waals surface area contributed by atoms with Crippen molar-refractivity contribution in [2.45, 2.75) is 33.1 Å². The first-order chi connectivity index (χ1) is 17.9. The van der Waals surface area contributed by atoms with Crippen LogP contribution < -0.4 is 62.1 Å². The molecule has 0 atom stereocenters. The van der Waals surface area contributed by atoms with Crippen molar-refractivity contribution < 1.29 is 65.4 Å². The van der Waals surface area contributed by atoms with Crippen LogP contribution in [0.4, 0.5) is 4.39 Å². The van der Waals surface area contributed by atoms with E-state index in [1.165, 1.54) is 16.7 Å². The van der Waals surface area contributed by atoms with Crippen molar-refractivity contribution in [3.63, 3.8) is 0 Å². The predicted molar refractivity (Wildman–Crippen MR) is 136 cm³/mol. The van der Waals surface area contributed by atoms with Gasteiger partial charge in [0.1, 0.15) is 11.6 Å². The Labute approximate surface area is 261 Å². The SMILES string of the molecule is CCCc1nc(C)n(-c2ccc(F)cc2)c(=O)c1Cc1ccc(-c2ccccc2-c2noc([O-])n2)cc1.[K+]. The molecule has 2 aromatic heterocycles. The third-order valence-electron chi connectivity index (χ3n) is 6.22. The van der Waals surface area contributed by atoms with Gasteiger partial charge in [-0.3, -0.25) is 9.36 Å². The van der Waals surface area contributed by atoms with Gasteiger partial charge in [-0.05, 0) is 54.3 Å². The Hall–Kier alpha value is -2.95.